The number of benzene rings is 1. The van der Waals surface area contributed by atoms with E-state index in [-0.39, 0.29) is 5.91 Å². The molecule has 1 atom stereocenters. The summed E-state index contributed by atoms with van der Waals surface area (Å²) in [6.07, 6.45) is 1.46. The molecule has 0 fully saturated rings. The number of primary amides is 1. The van der Waals surface area contributed by atoms with Crippen LogP contribution in [0.1, 0.15) is 32.3 Å². The van der Waals surface area contributed by atoms with Crippen molar-refractivity contribution in [3.63, 3.8) is 0 Å². The molecule has 0 saturated carbocycles. The number of amides is 3. The zero-order valence-corrected chi connectivity index (χ0v) is 11.4. The minimum Gasteiger partial charge on any atom is -0.352 e. The van der Waals surface area contributed by atoms with Crippen LogP contribution >= 0.6 is 0 Å². The second kappa shape index (κ2) is 7.41. The highest BCUT2D eigenvalue weighted by Gasteiger charge is 2.10. The van der Waals surface area contributed by atoms with Crippen LogP contribution in [0.25, 0.3) is 0 Å². The maximum Gasteiger partial charge on any atom is 0.312 e. The molecule has 4 N–H and O–H groups in total. The topological polar surface area (TPSA) is 84.2 Å². The van der Waals surface area contributed by atoms with Crippen molar-refractivity contribution in [3.05, 3.63) is 29.8 Å². The van der Waals surface area contributed by atoms with Crippen molar-refractivity contribution in [3.8, 4) is 0 Å². The molecule has 0 aliphatic heterocycles. The largest absolute Gasteiger partial charge is 0.352 e. The number of nitrogens with one attached hydrogen (secondary N) is 2. The number of urea groups is 1. The standard InChI is InChI=1S/C14H21N3O2/c1-3-10(2)8-13(18)17-12-7-5-4-6-11(12)9-16-14(15)19/h4-7,10H,3,8-9H2,1-2H3,(H,17,18)(H3,15,16,19). The van der Waals surface area contributed by atoms with Gasteiger partial charge in [0.1, 0.15) is 0 Å². The molecule has 1 rings (SSSR count). The van der Waals surface area contributed by atoms with E-state index in [1.807, 2.05) is 31.2 Å². The van der Waals surface area contributed by atoms with E-state index in [1.54, 1.807) is 0 Å². The first-order valence-electron chi connectivity index (χ1n) is 6.44. The number of carbonyl (C=O) groups excluding carboxylic acids is 2. The quantitative estimate of drug-likeness (QED) is 0.735. The predicted molar refractivity (Wildman–Crippen MR) is 75.6 cm³/mol. The van der Waals surface area contributed by atoms with E-state index in [4.69, 9.17) is 5.73 Å². The molecule has 0 aliphatic rings. The molecule has 0 spiro atoms. The van der Waals surface area contributed by atoms with Gasteiger partial charge in [-0.15, -0.1) is 0 Å². The highest BCUT2D eigenvalue weighted by Crippen LogP contribution is 2.16. The molecule has 1 aromatic carbocycles. The SMILES string of the molecule is CCC(C)CC(=O)Nc1ccccc1CNC(N)=O. The van der Waals surface area contributed by atoms with Crippen LogP contribution in [0.15, 0.2) is 24.3 Å². The van der Waals surface area contributed by atoms with E-state index >= 15 is 0 Å². The van der Waals surface area contributed by atoms with E-state index in [1.165, 1.54) is 0 Å². The molecule has 104 valence electrons. The number of nitrogens with two attached hydrogens (primary N) is 1. The van der Waals surface area contributed by atoms with E-state index in [0.717, 1.165) is 12.0 Å². The normalized spacial score (nSPS) is 11.7. The van der Waals surface area contributed by atoms with Crippen molar-refractivity contribution >= 4 is 17.6 Å². The molecule has 1 aromatic rings. The molecule has 0 bridgehead atoms. The maximum atomic E-state index is 11.8. The van der Waals surface area contributed by atoms with Crippen molar-refractivity contribution in [2.75, 3.05) is 5.32 Å². The molecule has 0 radical (unpaired) electrons. The Morgan fingerprint density at radius 3 is 2.63 bits per heavy atom. The Kier molecular flexibility index (Phi) is 5.85. The zero-order valence-electron chi connectivity index (χ0n) is 11.4. The van der Waals surface area contributed by atoms with Crippen molar-refractivity contribution < 1.29 is 9.59 Å². The fourth-order valence-electron chi connectivity index (χ4n) is 1.64. The summed E-state index contributed by atoms with van der Waals surface area (Å²) in [6, 6.07) is 6.76. The number of carbonyl (C=O) groups is 2. The Balaban J connectivity index is 2.66. The Morgan fingerprint density at radius 2 is 2.00 bits per heavy atom. The second-order valence-corrected chi connectivity index (χ2v) is 4.64. The summed E-state index contributed by atoms with van der Waals surface area (Å²) in [4.78, 5) is 22.6. The summed E-state index contributed by atoms with van der Waals surface area (Å²) in [6.45, 7) is 4.40. The van der Waals surface area contributed by atoms with Gasteiger partial charge in [0.15, 0.2) is 0 Å². The lowest BCUT2D eigenvalue weighted by Gasteiger charge is -2.13. The fourth-order valence-corrected chi connectivity index (χ4v) is 1.64. The van der Waals surface area contributed by atoms with Gasteiger partial charge in [-0.1, -0.05) is 38.5 Å². The van der Waals surface area contributed by atoms with Gasteiger partial charge in [0, 0.05) is 18.7 Å². The van der Waals surface area contributed by atoms with Gasteiger partial charge in [0.2, 0.25) is 5.91 Å². The minimum atomic E-state index is -0.583. The predicted octanol–water partition coefficient (Wildman–Crippen LogP) is 2.23. The van der Waals surface area contributed by atoms with Crippen molar-refractivity contribution in [2.45, 2.75) is 33.2 Å². The van der Waals surface area contributed by atoms with Gasteiger partial charge in [0.25, 0.3) is 0 Å². The molecule has 0 heterocycles. The monoisotopic (exact) mass is 263 g/mol. The van der Waals surface area contributed by atoms with E-state index in [0.29, 0.717) is 24.6 Å². The first-order valence-corrected chi connectivity index (χ1v) is 6.44. The first kappa shape index (κ1) is 15.0. The third-order valence-electron chi connectivity index (χ3n) is 2.98. The van der Waals surface area contributed by atoms with Crippen LogP contribution < -0.4 is 16.4 Å². The van der Waals surface area contributed by atoms with Gasteiger partial charge >= 0.3 is 6.03 Å². The smallest absolute Gasteiger partial charge is 0.312 e. The highest BCUT2D eigenvalue weighted by molar-refractivity contribution is 5.91. The van der Waals surface area contributed by atoms with Gasteiger partial charge in [0.05, 0.1) is 0 Å². The number of rotatable bonds is 6. The van der Waals surface area contributed by atoms with Crippen LogP contribution in [-0.2, 0) is 11.3 Å². The van der Waals surface area contributed by atoms with Crippen LogP contribution in [-0.4, -0.2) is 11.9 Å². The number of anilines is 1. The molecular weight excluding hydrogens is 242 g/mol. The molecule has 5 nitrogen and oxygen atoms in total. The number of hydrogen-bond donors (Lipinski definition) is 3. The van der Waals surface area contributed by atoms with Crippen LogP contribution in [0.5, 0.6) is 0 Å². The lowest BCUT2D eigenvalue weighted by molar-refractivity contribution is -0.117. The summed E-state index contributed by atoms with van der Waals surface area (Å²) in [5, 5.41) is 5.38. The van der Waals surface area contributed by atoms with Crippen LogP contribution in [0.2, 0.25) is 0 Å². The Morgan fingerprint density at radius 1 is 1.32 bits per heavy atom. The fraction of sp³-hybridized carbons (Fsp3) is 0.429. The van der Waals surface area contributed by atoms with E-state index in [9.17, 15) is 9.59 Å². The number of hydrogen-bond acceptors (Lipinski definition) is 2. The van der Waals surface area contributed by atoms with Crippen LogP contribution in [0.3, 0.4) is 0 Å². The van der Waals surface area contributed by atoms with E-state index < -0.39 is 6.03 Å². The van der Waals surface area contributed by atoms with E-state index in [2.05, 4.69) is 17.6 Å². The molecule has 1 unspecified atom stereocenters. The van der Waals surface area contributed by atoms with Crippen molar-refractivity contribution in [1.82, 2.24) is 5.32 Å². The minimum absolute atomic E-state index is 0.0131. The van der Waals surface area contributed by atoms with Gasteiger partial charge in [-0.3, -0.25) is 4.79 Å². The summed E-state index contributed by atoms with van der Waals surface area (Å²) >= 11 is 0. The lowest BCUT2D eigenvalue weighted by atomic mass is 10.0. The van der Waals surface area contributed by atoms with Crippen LogP contribution in [0.4, 0.5) is 10.5 Å². The zero-order chi connectivity index (χ0) is 14.3. The van der Waals surface area contributed by atoms with Crippen molar-refractivity contribution in [2.24, 2.45) is 11.7 Å². The molecule has 19 heavy (non-hydrogen) atoms. The third-order valence-corrected chi connectivity index (χ3v) is 2.98. The van der Waals surface area contributed by atoms with Gasteiger partial charge < -0.3 is 16.4 Å². The first-order chi connectivity index (χ1) is 9.02. The Bertz CT molecular complexity index is 446. The highest BCUT2D eigenvalue weighted by atomic mass is 16.2. The Hall–Kier alpha value is -2.04. The Labute approximate surface area is 113 Å². The molecule has 0 aliphatic carbocycles. The summed E-state index contributed by atoms with van der Waals surface area (Å²) < 4.78 is 0. The van der Waals surface area contributed by atoms with Gasteiger partial charge in [-0.25, -0.2) is 4.79 Å². The molecule has 0 saturated heterocycles. The summed E-state index contributed by atoms with van der Waals surface area (Å²) in [7, 11) is 0. The summed E-state index contributed by atoms with van der Waals surface area (Å²) in [5.74, 6) is 0.344. The van der Waals surface area contributed by atoms with Gasteiger partial charge in [-0.05, 0) is 17.5 Å². The third kappa shape index (κ3) is 5.42. The van der Waals surface area contributed by atoms with Crippen molar-refractivity contribution in [1.29, 1.82) is 0 Å². The van der Waals surface area contributed by atoms with Crippen LogP contribution in [0, 0.1) is 5.92 Å². The average Bonchev–Trinajstić information content (AvgIpc) is 2.37. The lowest BCUT2D eigenvalue weighted by Crippen LogP contribution is -2.29. The molecule has 3 amide bonds. The van der Waals surface area contributed by atoms with Gasteiger partial charge in [-0.2, -0.15) is 0 Å². The molecular formula is C14H21N3O2. The summed E-state index contributed by atoms with van der Waals surface area (Å²) in [5.41, 5.74) is 6.58. The molecule has 0 aromatic heterocycles. The second-order valence-electron chi connectivity index (χ2n) is 4.64. The maximum absolute atomic E-state index is 11.8. The number of para-hydroxylation sites is 1. The average molecular weight is 263 g/mol. The molecule has 5 heteroatoms.